The lowest BCUT2D eigenvalue weighted by atomic mass is 9.91. The van der Waals surface area contributed by atoms with Crippen LogP contribution in [0.3, 0.4) is 0 Å². The lowest BCUT2D eigenvalue weighted by Crippen LogP contribution is -2.05. The quantitative estimate of drug-likeness (QED) is 0.287. The van der Waals surface area contributed by atoms with Crippen LogP contribution in [0.1, 0.15) is 34.3 Å². The third-order valence-corrected chi connectivity index (χ3v) is 5.49. The minimum atomic E-state index is -0.175. The van der Waals surface area contributed by atoms with Gasteiger partial charge in [0.25, 0.3) is 5.89 Å². The van der Waals surface area contributed by atoms with Crippen molar-refractivity contribution in [3.05, 3.63) is 113 Å². The molecule has 1 aromatic heterocycles. The molecular formula is C25H19N3OS. The smallest absolute Gasteiger partial charge is 0.268 e. The van der Waals surface area contributed by atoms with E-state index in [-0.39, 0.29) is 11.8 Å². The Morgan fingerprint density at radius 1 is 0.933 bits per heavy atom. The van der Waals surface area contributed by atoms with E-state index in [1.165, 1.54) is 4.90 Å². The van der Waals surface area contributed by atoms with E-state index >= 15 is 0 Å². The second-order valence-electron chi connectivity index (χ2n) is 6.66. The number of allylic oxidation sites excluding steroid dienone is 1. The summed E-state index contributed by atoms with van der Waals surface area (Å²) in [6.07, 6.45) is 3.79. The number of hydrogen-bond donors (Lipinski definition) is 0. The van der Waals surface area contributed by atoms with Crippen LogP contribution in [0.15, 0.2) is 94.3 Å². The average molecular weight is 410 g/mol. The van der Waals surface area contributed by atoms with Crippen LogP contribution >= 0.6 is 11.8 Å². The Morgan fingerprint density at radius 2 is 1.53 bits per heavy atom. The number of aromatic nitrogens is 2. The number of thioether (sulfide) groups is 1. The van der Waals surface area contributed by atoms with Crippen LogP contribution in [-0.2, 0) is 0 Å². The van der Waals surface area contributed by atoms with Gasteiger partial charge in [-0.15, -0.1) is 11.8 Å². The molecule has 0 atom stereocenters. The van der Waals surface area contributed by atoms with Crippen molar-refractivity contribution in [2.75, 3.05) is 6.26 Å². The minimum absolute atomic E-state index is 0.175. The summed E-state index contributed by atoms with van der Waals surface area (Å²) in [4.78, 5) is 5.76. The average Bonchev–Trinajstić information content (AvgIpc) is 3.29. The Hall–Kier alpha value is -3.62. The highest BCUT2D eigenvalue weighted by atomic mass is 32.2. The number of hydrogen-bond acceptors (Lipinski definition) is 5. The van der Waals surface area contributed by atoms with Crippen molar-refractivity contribution >= 4 is 23.4 Å². The molecule has 0 fully saturated rings. The summed E-state index contributed by atoms with van der Waals surface area (Å²) in [6.45, 7) is 0. The van der Waals surface area contributed by atoms with Gasteiger partial charge in [0.05, 0.1) is 5.92 Å². The Morgan fingerprint density at radius 3 is 2.07 bits per heavy atom. The van der Waals surface area contributed by atoms with Crippen LogP contribution in [0.4, 0.5) is 0 Å². The molecule has 0 aliphatic heterocycles. The first kappa shape index (κ1) is 19.7. The van der Waals surface area contributed by atoms with E-state index in [1.54, 1.807) is 17.8 Å². The highest BCUT2D eigenvalue weighted by Gasteiger charge is 2.23. The first-order valence-electron chi connectivity index (χ1n) is 9.48. The van der Waals surface area contributed by atoms with E-state index in [1.807, 2.05) is 91.2 Å². The molecule has 0 aliphatic carbocycles. The van der Waals surface area contributed by atoms with Crippen molar-refractivity contribution in [3.8, 4) is 6.07 Å². The van der Waals surface area contributed by atoms with Crippen molar-refractivity contribution in [2.45, 2.75) is 10.8 Å². The number of benzene rings is 3. The maximum atomic E-state index is 9.67. The Bertz CT molecular complexity index is 1140. The van der Waals surface area contributed by atoms with Crippen molar-refractivity contribution < 1.29 is 4.52 Å². The van der Waals surface area contributed by atoms with Gasteiger partial charge >= 0.3 is 0 Å². The zero-order valence-electron chi connectivity index (χ0n) is 16.4. The first-order valence-corrected chi connectivity index (χ1v) is 10.7. The van der Waals surface area contributed by atoms with E-state index in [2.05, 4.69) is 16.2 Å². The maximum Gasteiger partial charge on any atom is 0.268 e. The van der Waals surface area contributed by atoms with Crippen LogP contribution in [0.25, 0.3) is 11.6 Å². The second kappa shape index (κ2) is 9.25. The molecule has 3 aromatic carbocycles. The third kappa shape index (κ3) is 4.35. The summed E-state index contributed by atoms with van der Waals surface area (Å²) in [7, 11) is 0. The SMILES string of the molecule is CSc1ccc(/C=C(\C#N)c2nc(C(c3ccccc3)c3ccccc3)no2)cc1. The van der Waals surface area contributed by atoms with Crippen molar-refractivity contribution in [3.63, 3.8) is 0 Å². The van der Waals surface area contributed by atoms with E-state index in [4.69, 9.17) is 4.52 Å². The number of nitriles is 1. The maximum absolute atomic E-state index is 9.67. The fourth-order valence-electron chi connectivity index (χ4n) is 3.25. The van der Waals surface area contributed by atoms with E-state index in [0.717, 1.165) is 16.7 Å². The zero-order valence-corrected chi connectivity index (χ0v) is 17.2. The molecule has 4 aromatic rings. The number of nitrogens with zero attached hydrogens (tertiary/aromatic N) is 3. The van der Waals surface area contributed by atoms with E-state index in [0.29, 0.717) is 11.4 Å². The fourth-order valence-corrected chi connectivity index (χ4v) is 3.66. The van der Waals surface area contributed by atoms with Gasteiger partial charge in [0.1, 0.15) is 11.6 Å². The summed E-state index contributed by atoms with van der Waals surface area (Å²) < 4.78 is 5.50. The van der Waals surface area contributed by atoms with Crippen molar-refractivity contribution in [1.29, 1.82) is 5.26 Å². The summed E-state index contributed by atoms with van der Waals surface area (Å²) in [5.41, 5.74) is 3.37. The molecule has 0 N–H and O–H groups in total. The molecule has 0 saturated heterocycles. The second-order valence-corrected chi connectivity index (χ2v) is 7.53. The molecule has 0 amide bonds. The largest absolute Gasteiger partial charge is 0.333 e. The monoisotopic (exact) mass is 409 g/mol. The van der Waals surface area contributed by atoms with Gasteiger partial charge in [-0.05, 0) is 41.2 Å². The Labute approximate surface area is 179 Å². The third-order valence-electron chi connectivity index (χ3n) is 4.74. The summed E-state index contributed by atoms with van der Waals surface area (Å²) in [6, 6.07) is 30.3. The van der Waals surface area contributed by atoms with E-state index in [9.17, 15) is 5.26 Å². The summed E-state index contributed by atoms with van der Waals surface area (Å²) >= 11 is 1.67. The van der Waals surface area contributed by atoms with Gasteiger partial charge in [-0.25, -0.2) is 0 Å². The molecule has 0 bridgehead atoms. The molecule has 5 heteroatoms. The highest BCUT2D eigenvalue weighted by Crippen LogP contribution is 2.31. The van der Waals surface area contributed by atoms with Gasteiger partial charge < -0.3 is 4.52 Å². The molecule has 0 aliphatic rings. The normalized spacial score (nSPS) is 11.4. The number of rotatable bonds is 6. The van der Waals surface area contributed by atoms with Gasteiger partial charge in [-0.3, -0.25) is 0 Å². The predicted molar refractivity (Wildman–Crippen MR) is 120 cm³/mol. The van der Waals surface area contributed by atoms with E-state index < -0.39 is 0 Å². The van der Waals surface area contributed by atoms with Gasteiger partial charge in [-0.2, -0.15) is 10.2 Å². The minimum Gasteiger partial charge on any atom is -0.333 e. The van der Waals surface area contributed by atoms with Gasteiger partial charge in [0.2, 0.25) is 0 Å². The lowest BCUT2D eigenvalue weighted by Gasteiger charge is -2.14. The van der Waals surface area contributed by atoms with Gasteiger partial charge in [0, 0.05) is 4.90 Å². The van der Waals surface area contributed by atoms with Crippen LogP contribution in [0.5, 0.6) is 0 Å². The molecule has 4 nitrogen and oxygen atoms in total. The van der Waals surface area contributed by atoms with Gasteiger partial charge in [-0.1, -0.05) is 78.0 Å². The molecule has 0 saturated carbocycles. The molecule has 1 heterocycles. The Kier molecular flexibility index (Phi) is 6.07. The lowest BCUT2D eigenvalue weighted by molar-refractivity contribution is 0.401. The topological polar surface area (TPSA) is 62.7 Å². The van der Waals surface area contributed by atoms with Gasteiger partial charge in [0.15, 0.2) is 5.82 Å². The molecule has 4 rings (SSSR count). The highest BCUT2D eigenvalue weighted by molar-refractivity contribution is 7.98. The van der Waals surface area contributed by atoms with Crippen LogP contribution in [-0.4, -0.2) is 16.4 Å². The first-order chi connectivity index (χ1) is 14.8. The van der Waals surface area contributed by atoms with Crippen molar-refractivity contribution in [1.82, 2.24) is 10.1 Å². The predicted octanol–water partition coefficient (Wildman–Crippen LogP) is 6.04. The molecular weight excluding hydrogens is 390 g/mol. The molecule has 0 spiro atoms. The fraction of sp³-hybridized carbons (Fsp3) is 0.0800. The molecule has 146 valence electrons. The zero-order chi connectivity index (χ0) is 20.8. The standard InChI is InChI=1S/C25H19N3OS/c1-30-22-14-12-18(13-15-22)16-21(17-26)25-27-24(28-29-25)23(19-8-4-2-5-9-19)20-10-6-3-7-11-20/h2-16,23H,1H3/b21-16+. The van der Waals surface area contributed by atoms with Crippen LogP contribution in [0.2, 0.25) is 0 Å². The van der Waals surface area contributed by atoms with Crippen LogP contribution in [0, 0.1) is 11.3 Å². The molecule has 30 heavy (non-hydrogen) atoms. The summed E-state index contributed by atoms with van der Waals surface area (Å²) in [5.74, 6) is 0.574. The molecule has 0 unspecified atom stereocenters. The van der Waals surface area contributed by atoms with Crippen LogP contribution < -0.4 is 0 Å². The molecule has 0 radical (unpaired) electrons. The van der Waals surface area contributed by atoms with Crippen molar-refractivity contribution in [2.24, 2.45) is 0 Å². The Balaban J connectivity index is 1.71. The summed E-state index contributed by atoms with van der Waals surface area (Å²) in [5, 5.41) is 13.9.